The topological polar surface area (TPSA) is 59.5 Å². The van der Waals surface area contributed by atoms with Crippen molar-refractivity contribution in [1.29, 1.82) is 0 Å². The highest BCUT2D eigenvalue weighted by Crippen LogP contribution is 2.31. The summed E-state index contributed by atoms with van der Waals surface area (Å²) in [7, 11) is -3.65. The maximum atomic E-state index is 13.0. The molecular formula is C24H25F3N2O3S2. The number of aryl methyl sites for hydroxylation is 1. The second-order valence-corrected chi connectivity index (χ2v) is 11.3. The molecule has 1 saturated heterocycles. The first-order valence-electron chi connectivity index (χ1n) is 11.0. The zero-order valence-electron chi connectivity index (χ0n) is 18.6. The van der Waals surface area contributed by atoms with Gasteiger partial charge < -0.3 is 9.64 Å². The number of anilines is 1. The molecular weight excluding hydrogens is 485 g/mol. The molecule has 0 amide bonds. The summed E-state index contributed by atoms with van der Waals surface area (Å²) < 4.78 is 66.8. The van der Waals surface area contributed by atoms with Gasteiger partial charge in [-0.2, -0.15) is 0 Å². The van der Waals surface area contributed by atoms with Crippen molar-refractivity contribution >= 4 is 26.3 Å². The molecule has 1 aromatic heterocycles. The molecule has 0 unspecified atom stereocenters. The fraction of sp³-hybridized carbons (Fsp3) is 0.375. The van der Waals surface area contributed by atoms with Crippen LogP contribution in [0.2, 0.25) is 0 Å². The van der Waals surface area contributed by atoms with Gasteiger partial charge in [0, 0.05) is 24.9 Å². The van der Waals surface area contributed by atoms with Crippen LogP contribution in [0.25, 0.3) is 0 Å². The lowest BCUT2D eigenvalue weighted by Gasteiger charge is -2.31. The molecule has 10 heteroatoms. The molecule has 3 aromatic rings. The summed E-state index contributed by atoms with van der Waals surface area (Å²) in [5.41, 5.74) is 3.48. The van der Waals surface area contributed by atoms with E-state index in [1.54, 1.807) is 11.3 Å². The number of aromatic nitrogens is 1. The summed E-state index contributed by atoms with van der Waals surface area (Å²) in [4.78, 5) is 6.85. The summed E-state index contributed by atoms with van der Waals surface area (Å²) >= 11 is 1.55. The molecule has 34 heavy (non-hydrogen) atoms. The Balaban J connectivity index is 1.35. The van der Waals surface area contributed by atoms with E-state index >= 15 is 0 Å². The van der Waals surface area contributed by atoms with Gasteiger partial charge in [-0.05, 0) is 54.7 Å². The summed E-state index contributed by atoms with van der Waals surface area (Å²) in [6.07, 6.45) is -2.21. The van der Waals surface area contributed by atoms with Crippen LogP contribution in [-0.4, -0.2) is 38.1 Å². The number of hydrogen-bond donors (Lipinski definition) is 0. The molecule has 0 radical (unpaired) electrons. The smallest absolute Gasteiger partial charge is 0.406 e. The minimum absolute atomic E-state index is 0.00565. The van der Waals surface area contributed by atoms with Crippen LogP contribution >= 0.6 is 11.3 Å². The SMILES string of the molecule is CCc1ccc(Cc2csc(N3CCC(S(=O)(=O)c4ccc(OC(F)(F)F)cc4)CC3)n2)cc1. The summed E-state index contributed by atoms with van der Waals surface area (Å²) in [6, 6.07) is 12.9. The number of hydrogen-bond acceptors (Lipinski definition) is 6. The standard InChI is InChI=1S/C24H25F3N2O3S2/c1-2-17-3-5-18(6-4-17)15-19-16-33-23(28-19)29-13-11-22(12-14-29)34(30,31)21-9-7-20(8-10-21)32-24(25,26)27/h3-10,16,22H,2,11-15H2,1H3. The van der Waals surface area contributed by atoms with Gasteiger partial charge in [0.05, 0.1) is 15.8 Å². The molecule has 4 rings (SSSR count). The minimum Gasteiger partial charge on any atom is -0.406 e. The molecule has 5 nitrogen and oxygen atoms in total. The maximum absolute atomic E-state index is 13.0. The van der Waals surface area contributed by atoms with Crippen LogP contribution in [0.1, 0.15) is 36.6 Å². The van der Waals surface area contributed by atoms with Crippen molar-refractivity contribution in [1.82, 2.24) is 4.98 Å². The Bertz CT molecular complexity index is 1200. The van der Waals surface area contributed by atoms with Gasteiger partial charge in [-0.3, -0.25) is 0 Å². The lowest BCUT2D eigenvalue weighted by atomic mass is 10.1. The zero-order valence-corrected chi connectivity index (χ0v) is 20.2. The first-order chi connectivity index (χ1) is 16.1. The third-order valence-electron chi connectivity index (χ3n) is 5.89. The third-order valence-corrected chi connectivity index (χ3v) is 9.12. The highest BCUT2D eigenvalue weighted by atomic mass is 32.2. The van der Waals surface area contributed by atoms with Crippen LogP contribution in [0.5, 0.6) is 5.75 Å². The van der Waals surface area contributed by atoms with Crippen molar-refractivity contribution < 1.29 is 26.3 Å². The summed E-state index contributed by atoms with van der Waals surface area (Å²) in [5.74, 6) is -0.442. The average molecular weight is 511 g/mol. The number of benzene rings is 2. The first-order valence-corrected chi connectivity index (χ1v) is 13.4. The van der Waals surface area contributed by atoms with Crippen LogP contribution in [0.3, 0.4) is 0 Å². The monoisotopic (exact) mass is 510 g/mol. The highest BCUT2D eigenvalue weighted by Gasteiger charge is 2.33. The van der Waals surface area contributed by atoms with Gasteiger partial charge in [0.25, 0.3) is 0 Å². The lowest BCUT2D eigenvalue weighted by molar-refractivity contribution is -0.274. The van der Waals surface area contributed by atoms with Crippen molar-refractivity contribution in [2.24, 2.45) is 0 Å². The van der Waals surface area contributed by atoms with E-state index in [0.717, 1.165) is 35.8 Å². The van der Waals surface area contributed by atoms with Crippen LogP contribution < -0.4 is 9.64 Å². The first kappa shape index (κ1) is 24.5. The molecule has 0 bridgehead atoms. The number of thiazole rings is 1. The summed E-state index contributed by atoms with van der Waals surface area (Å²) in [6.45, 7) is 3.23. The van der Waals surface area contributed by atoms with Gasteiger partial charge in [-0.15, -0.1) is 24.5 Å². The molecule has 0 aliphatic carbocycles. The number of rotatable bonds is 7. The average Bonchev–Trinajstić information content (AvgIpc) is 3.27. The van der Waals surface area contributed by atoms with E-state index in [1.165, 1.54) is 23.3 Å². The van der Waals surface area contributed by atoms with Crippen molar-refractivity contribution in [2.45, 2.75) is 49.1 Å². The Morgan fingerprint density at radius 1 is 1.03 bits per heavy atom. The van der Waals surface area contributed by atoms with Crippen molar-refractivity contribution in [3.05, 3.63) is 70.7 Å². The van der Waals surface area contributed by atoms with E-state index in [2.05, 4.69) is 40.8 Å². The number of ether oxygens (including phenoxy) is 1. The molecule has 2 heterocycles. The highest BCUT2D eigenvalue weighted by molar-refractivity contribution is 7.92. The van der Waals surface area contributed by atoms with E-state index < -0.39 is 27.2 Å². The molecule has 1 fully saturated rings. The van der Waals surface area contributed by atoms with Crippen LogP contribution in [0.4, 0.5) is 18.3 Å². The predicted molar refractivity (Wildman–Crippen MR) is 126 cm³/mol. The van der Waals surface area contributed by atoms with E-state index in [-0.39, 0.29) is 4.90 Å². The second kappa shape index (κ2) is 9.95. The number of nitrogens with zero attached hydrogens (tertiary/aromatic N) is 2. The van der Waals surface area contributed by atoms with Gasteiger partial charge in [0.1, 0.15) is 5.75 Å². The summed E-state index contributed by atoms with van der Waals surface area (Å²) in [5, 5.41) is 2.33. The maximum Gasteiger partial charge on any atom is 0.573 e. The van der Waals surface area contributed by atoms with Gasteiger partial charge >= 0.3 is 6.36 Å². The number of sulfone groups is 1. The van der Waals surface area contributed by atoms with E-state index in [4.69, 9.17) is 4.98 Å². The molecule has 0 atom stereocenters. The molecule has 2 aromatic carbocycles. The number of alkyl halides is 3. The second-order valence-electron chi connectivity index (χ2n) is 8.22. The van der Waals surface area contributed by atoms with Crippen LogP contribution in [0, 0.1) is 0 Å². The zero-order chi connectivity index (χ0) is 24.3. The Hall–Kier alpha value is -2.59. The molecule has 182 valence electrons. The van der Waals surface area contributed by atoms with Crippen molar-refractivity contribution in [3.63, 3.8) is 0 Å². The fourth-order valence-electron chi connectivity index (χ4n) is 4.01. The van der Waals surface area contributed by atoms with Gasteiger partial charge in [0.15, 0.2) is 15.0 Å². The number of halogens is 3. The Kier molecular flexibility index (Phi) is 7.18. The predicted octanol–water partition coefficient (Wildman–Crippen LogP) is 5.64. The fourth-order valence-corrected chi connectivity index (χ4v) is 6.62. The molecule has 0 spiro atoms. The Labute approximate surface area is 201 Å². The Morgan fingerprint density at radius 3 is 2.24 bits per heavy atom. The van der Waals surface area contributed by atoms with Crippen molar-refractivity contribution in [3.8, 4) is 5.75 Å². The molecule has 0 saturated carbocycles. The third kappa shape index (κ3) is 5.90. The minimum atomic E-state index is -4.82. The van der Waals surface area contributed by atoms with E-state index in [9.17, 15) is 21.6 Å². The molecule has 1 aliphatic heterocycles. The van der Waals surface area contributed by atoms with Crippen LogP contribution in [0.15, 0.2) is 58.8 Å². The number of piperidine rings is 1. The van der Waals surface area contributed by atoms with E-state index in [1.807, 2.05) is 5.38 Å². The largest absolute Gasteiger partial charge is 0.573 e. The molecule has 0 N–H and O–H groups in total. The molecule has 1 aliphatic rings. The Morgan fingerprint density at radius 2 is 1.65 bits per heavy atom. The normalized spacial score (nSPS) is 15.5. The van der Waals surface area contributed by atoms with Gasteiger partial charge in [-0.1, -0.05) is 31.2 Å². The van der Waals surface area contributed by atoms with Crippen molar-refractivity contribution in [2.75, 3.05) is 18.0 Å². The lowest BCUT2D eigenvalue weighted by Crippen LogP contribution is -2.39. The quantitative estimate of drug-likeness (QED) is 0.412. The van der Waals surface area contributed by atoms with Gasteiger partial charge in [-0.25, -0.2) is 13.4 Å². The van der Waals surface area contributed by atoms with Gasteiger partial charge in [0.2, 0.25) is 0 Å². The van der Waals surface area contributed by atoms with E-state index in [0.29, 0.717) is 25.9 Å². The van der Waals surface area contributed by atoms with Crippen LogP contribution in [-0.2, 0) is 22.7 Å².